The number of halogens is 1. The van der Waals surface area contributed by atoms with Crippen LogP contribution in [-0.4, -0.2) is 11.2 Å². The van der Waals surface area contributed by atoms with E-state index in [1.807, 2.05) is 31.2 Å². The van der Waals surface area contributed by atoms with Gasteiger partial charge in [0.25, 0.3) is 0 Å². The van der Waals surface area contributed by atoms with Crippen molar-refractivity contribution < 1.29 is 4.52 Å². The predicted octanol–water partition coefficient (Wildman–Crippen LogP) is 3.91. The molecule has 1 aromatic carbocycles. The number of rotatable bonds is 4. The van der Waals surface area contributed by atoms with Gasteiger partial charge in [0.15, 0.2) is 5.76 Å². The molecule has 96 valence electrons. The van der Waals surface area contributed by atoms with Gasteiger partial charge in [0.1, 0.15) is 5.69 Å². The maximum atomic E-state index is 5.46. The zero-order valence-electron chi connectivity index (χ0n) is 10.8. The van der Waals surface area contributed by atoms with Crippen molar-refractivity contribution >= 4 is 15.9 Å². The summed E-state index contributed by atoms with van der Waals surface area (Å²) >= 11 is 3.47. The van der Waals surface area contributed by atoms with Gasteiger partial charge in [-0.25, -0.2) is 0 Å². The summed E-state index contributed by atoms with van der Waals surface area (Å²) in [5.74, 6) is 0.844. The van der Waals surface area contributed by atoms with E-state index in [1.165, 1.54) is 0 Å². The largest absolute Gasteiger partial charge is 0.356 e. The number of aromatic nitrogens is 1. The highest BCUT2D eigenvalue weighted by atomic mass is 79.9. The molecular weight excluding hydrogens is 292 g/mol. The predicted molar refractivity (Wildman–Crippen MR) is 76.4 cm³/mol. The third kappa shape index (κ3) is 3.00. The van der Waals surface area contributed by atoms with E-state index in [0.717, 1.165) is 33.6 Å². The summed E-state index contributed by atoms with van der Waals surface area (Å²) in [7, 11) is 0. The molecule has 0 fully saturated rings. The average molecular weight is 309 g/mol. The molecule has 0 amide bonds. The van der Waals surface area contributed by atoms with Crippen LogP contribution < -0.4 is 5.32 Å². The van der Waals surface area contributed by atoms with Crippen molar-refractivity contribution in [2.45, 2.75) is 33.4 Å². The Morgan fingerprint density at radius 3 is 2.83 bits per heavy atom. The Morgan fingerprint density at radius 1 is 1.39 bits per heavy atom. The van der Waals surface area contributed by atoms with Gasteiger partial charge >= 0.3 is 0 Å². The molecule has 1 heterocycles. The lowest BCUT2D eigenvalue weighted by atomic mass is 10.1. The van der Waals surface area contributed by atoms with Crippen molar-refractivity contribution in [3.8, 4) is 11.3 Å². The number of nitrogens with one attached hydrogen (secondary N) is 1. The summed E-state index contributed by atoms with van der Waals surface area (Å²) < 4.78 is 6.50. The lowest BCUT2D eigenvalue weighted by Crippen LogP contribution is -2.22. The first-order valence-corrected chi connectivity index (χ1v) is 6.81. The van der Waals surface area contributed by atoms with Crippen molar-refractivity contribution in [2.24, 2.45) is 0 Å². The van der Waals surface area contributed by atoms with Gasteiger partial charge in [-0.2, -0.15) is 0 Å². The molecule has 0 aliphatic carbocycles. The summed E-state index contributed by atoms with van der Waals surface area (Å²) in [6.45, 7) is 7.01. The Labute approximate surface area is 116 Å². The van der Waals surface area contributed by atoms with E-state index in [2.05, 4.69) is 40.3 Å². The maximum absolute atomic E-state index is 5.46. The van der Waals surface area contributed by atoms with Crippen LogP contribution in [0.15, 0.2) is 33.3 Å². The van der Waals surface area contributed by atoms with E-state index in [1.54, 1.807) is 0 Å². The molecule has 0 saturated carbocycles. The van der Waals surface area contributed by atoms with Crippen molar-refractivity contribution in [1.29, 1.82) is 0 Å². The standard InChI is InChI=1S/C14H17BrN2O/c1-9(2)16-8-13-10(3)14(18-17-13)11-5-4-6-12(15)7-11/h4-7,9,16H,8H2,1-3H3. The Balaban J connectivity index is 2.25. The fourth-order valence-electron chi connectivity index (χ4n) is 1.73. The van der Waals surface area contributed by atoms with Crippen molar-refractivity contribution in [3.63, 3.8) is 0 Å². The summed E-state index contributed by atoms with van der Waals surface area (Å²) in [5.41, 5.74) is 3.12. The Morgan fingerprint density at radius 2 is 2.17 bits per heavy atom. The molecule has 18 heavy (non-hydrogen) atoms. The Kier molecular flexibility index (Phi) is 4.19. The highest BCUT2D eigenvalue weighted by Crippen LogP contribution is 2.27. The van der Waals surface area contributed by atoms with E-state index in [4.69, 9.17) is 4.52 Å². The van der Waals surface area contributed by atoms with Gasteiger partial charge in [-0.05, 0) is 19.1 Å². The minimum atomic E-state index is 0.440. The first kappa shape index (κ1) is 13.3. The van der Waals surface area contributed by atoms with E-state index in [-0.39, 0.29) is 0 Å². The van der Waals surface area contributed by atoms with Crippen LogP contribution in [0, 0.1) is 6.92 Å². The van der Waals surface area contributed by atoms with Crippen molar-refractivity contribution in [2.75, 3.05) is 0 Å². The number of hydrogen-bond donors (Lipinski definition) is 1. The first-order valence-electron chi connectivity index (χ1n) is 6.02. The number of benzene rings is 1. The van der Waals surface area contributed by atoms with Crippen LogP contribution in [0.4, 0.5) is 0 Å². The van der Waals surface area contributed by atoms with Gasteiger partial charge in [-0.3, -0.25) is 0 Å². The van der Waals surface area contributed by atoms with Crippen LogP contribution in [0.3, 0.4) is 0 Å². The van der Waals surface area contributed by atoms with E-state index in [9.17, 15) is 0 Å². The third-order valence-electron chi connectivity index (χ3n) is 2.79. The first-order chi connectivity index (χ1) is 8.58. The molecule has 2 aromatic rings. The summed E-state index contributed by atoms with van der Waals surface area (Å²) in [6, 6.07) is 8.49. The van der Waals surface area contributed by atoms with E-state index < -0.39 is 0 Å². The summed E-state index contributed by atoms with van der Waals surface area (Å²) in [5, 5.41) is 7.49. The Bertz CT molecular complexity index is 534. The Hall–Kier alpha value is -1.13. The molecule has 0 unspecified atom stereocenters. The number of hydrogen-bond acceptors (Lipinski definition) is 3. The topological polar surface area (TPSA) is 38.1 Å². The van der Waals surface area contributed by atoms with Crippen LogP contribution in [0.1, 0.15) is 25.1 Å². The van der Waals surface area contributed by atoms with Crippen LogP contribution in [-0.2, 0) is 6.54 Å². The van der Waals surface area contributed by atoms with E-state index >= 15 is 0 Å². The highest BCUT2D eigenvalue weighted by Gasteiger charge is 2.13. The molecule has 4 heteroatoms. The van der Waals surface area contributed by atoms with Crippen molar-refractivity contribution in [3.05, 3.63) is 40.0 Å². The molecule has 0 aliphatic heterocycles. The van der Waals surface area contributed by atoms with Gasteiger partial charge in [0.05, 0.1) is 0 Å². The second-order valence-electron chi connectivity index (χ2n) is 4.63. The molecule has 0 aliphatic rings. The molecule has 2 rings (SSSR count). The SMILES string of the molecule is Cc1c(CNC(C)C)noc1-c1cccc(Br)c1. The molecule has 0 radical (unpaired) electrons. The monoisotopic (exact) mass is 308 g/mol. The zero-order valence-corrected chi connectivity index (χ0v) is 12.4. The molecule has 0 atom stereocenters. The second kappa shape index (κ2) is 5.67. The lowest BCUT2D eigenvalue weighted by Gasteiger charge is -2.05. The normalized spacial score (nSPS) is 11.2. The fraction of sp³-hybridized carbons (Fsp3) is 0.357. The molecule has 1 aromatic heterocycles. The molecule has 0 spiro atoms. The highest BCUT2D eigenvalue weighted by molar-refractivity contribution is 9.10. The minimum Gasteiger partial charge on any atom is -0.356 e. The van der Waals surface area contributed by atoms with Crippen molar-refractivity contribution in [1.82, 2.24) is 10.5 Å². The lowest BCUT2D eigenvalue weighted by molar-refractivity contribution is 0.417. The average Bonchev–Trinajstić information content (AvgIpc) is 2.68. The zero-order chi connectivity index (χ0) is 13.1. The fourth-order valence-corrected chi connectivity index (χ4v) is 2.13. The molecule has 0 bridgehead atoms. The quantitative estimate of drug-likeness (QED) is 0.930. The molecule has 1 N–H and O–H groups in total. The summed E-state index contributed by atoms with van der Waals surface area (Å²) in [6.07, 6.45) is 0. The summed E-state index contributed by atoms with van der Waals surface area (Å²) in [4.78, 5) is 0. The van der Waals surface area contributed by atoms with Crippen LogP contribution in [0.5, 0.6) is 0 Å². The van der Waals surface area contributed by atoms with E-state index in [0.29, 0.717) is 6.04 Å². The van der Waals surface area contributed by atoms with Crippen LogP contribution >= 0.6 is 15.9 Å². The van der Waals surface area contributed by atoms with Crippen LogP contribution in [0.25, 0.3) is 11.3 Å². The minimum absolute atomic E-state index is 0.440. The van der Waals surface area contributed by atoms with Gasteiger partial charge < -0.3 is 9.84 Å². The van der Waals surface area contributed by atoms with Gasteiger partial charge in [0, 0.05) is 28.2 Å². The van der Waals surface area contributed by atoms with Gasteiger partial charge in [0.2, 0.25) is 0 Å². The van der Waals surface area contributed by atoms with Crippen LogP contribution in [0.2, 0.25) is 0 Å². The molecule has 0 saturated heterocycles. The number of nitrogens with zero attached hydrogens (tertiary/aromatic N) is 1. The third-order valence-corrected chi connectivity index (χ3v) is 3.28. The van der Waals surface area contributed by atoms with Gasteiger partial charge in [-0.1, -0.05) is 47.1 Å². The smallest absolute Gasteiger partial charge is 0.170 e. The molecule has 3 nitrogen and oxygen atoms in total. The second-order valence-corrected chi connectivity index (χ2v) is 5.55. The molecular formula is C14H17BrN2O. The van der Waals surface area contributed by atoms with Gasteiger partial charge in [-0.15, -0.1) is 0 Å². The maximum Gasteiger partial charge on any atom is 0.170 e.